The molecule has 130 valence electrons. The second kappa shape index (κ2) is 7.21. The zero-order chi connectivity index (χ0) is 17.9. The van der Waals surface area contributed by atoms with Gasteiger partial charge in [-0.2, -0.15) is 0 Å². The molecule has 2 saturated carbocycles. The van der Waals surface area contributed by atoms with E-state index in [0.29, 0.717) is 6.42 Å². The quantitative estimate of drug-likeness (QED) is 0.407. The number of carbonyl (C=O) groups excluding carboxylic acids is 2. The average Bonchev–Trinajstić information content (AvgIpc) is 3.40. The lowest BCUT2D eigenvalue weighted by Gasteiger charge is -2.11. The molecule has 0 saturated heterocycles. The summed E-state index contributed by atoms with van der Waals surface area (Å²) in [4.78, 5) is 23.9. The predicted octanol–water partition coefficient (Wildman–Crippen LogP) is 3.33. The van der Waals surface area contributed by atoms with E-state index in [1.54, 1.807) is 13.0 Å². The van der Waals surface area contributed by atoms with Crippen LogP contribution < -0.4 is 0 Å². The van der Waals surface area contributed by atoms with Crippen molar-refractivity contribution in [2.45, 2.75) is 52.2 Å². The largest absolute Gasteiger partial charge is 0.459 e. The van der Waals surface area contributed by atoms with Crippen molar-refractivity contribution in [3.63, 3.8) is 0 Å². The van der Waals surface area contributed by atoms with Crippen LogP contribution in [0.4, 0.5) is 4.39 Å². The first kappa shape index (κ1) is 18.3. The van der Waals surface area contributed by atoms with Crippen LogP contribution in [0.2, 0.25) is 0 Å². The van der Waals surface area contributed by atoms with Crippen LogP contribution in [0, 0.1) is 29.6 Å². The Morgan fingerprint density at radius 3 is 2.62 bits per heavy atom. The van der Waals surface area contributed by atoms with E-state index in [4.69, 9.17) is 15.9 Å². The number of ether oxygens (including phenoxy) is 2. The third-order valence-corrected chi connectivity index (χ3v) is 4.45. The van der Waals surface area contributed by atoms with Gasteiger partial charge in [-0.05, 0) is 36.7 Å². The molecule has 0 amide bonds. The van der Waals surface area contributed by atoms with Gasteiger partial charge in [-0.3, -0.25) is 4.79 Å². The molecule has 0 aliphatic heterocycles. The summed E-state index contributed by atoms with van der Waals surface area (Å²) in [7, 11) is 0. The van der Waals surface area contributed by atoms with Gasteiger partial charge in [0.05, 0.1) is 5.92 Å². The summed E-state index contributed by atoms with van der Waals surface area (Å²) >= 11 is 0. The molecule has 2 rings (SSSR count). The van der Waals surface area contributed by atoms with Crippen LogP contribution in [0.15, 0.2) is 24.1 Å². The van der Waals surface area contributed by atoms with Crippen LogP contribution in [0.5, 0.6) is 0 Å². The van der Waals surface area contributed by atoms with Crippen molar-refractivity contribution in [1.29, 1.82) is 0 Å². The smallest absolute Gasteiger partial charge is 0.330 e. The van der Waals surface area contributed by atoms with Gasteiger partial charge < -0.3 is 9.47 Å². The first-order valence-corrected chi connectivity index (χ1v) is 8.22. The average molecular weight is 334 g/mol. The summed E-state index contributed by atoms with van der Waals surface area (Å²) in [5, 5.41) is 0. The molecule has 3 atom stereocenters. The lowest BCUT2D eigenvalue weighted by Crippen LogP contribution is -2.20. The summed E-state index contributed by atoms with van der Waals surface area (Å²) in [6, 6.07) is 0. The number of rotatable bonds is 7. The molecule has 0 bridgehead atoms. The Hall–Kier alpha value is -2.09. The van der Waals surface area contributed by atoms with Gasteiger partial charge >= 0.3 is 11.9 Å². The van der Waals surface area contributed by atoms with Crippen molar-refractivity contribution in [2.24, 2.45) is 17.3 Å². The molecule has 5 heteroatoms. The van der Waals surface area contributed by atoms with Gasteiger partial charge in [0.15, 0.2) is 0 Å². The molecule has 24 heavy (non-hydrogen) atoms. The number of esters is 2. The van der Waals surface area contributed by atoms with Crippen LogP contribution in [0.1, 0.15) is 40.0 Å². The molecular weight excluding hydrogens is 311 g/mol. The number of halogens is 1. The molecular formula is C19H23FO4. The molecule has 0 heterocycles. The molecule has 0 aromatic carbocycles. The Kier molecular flexibility index (Phi) is 5.48. The van der Waals surface area contributed by atoms with Gasteiger partial charge in [0.25, 0.3) is 0 Å². The van der Waals surface area contributed by atoms with Crippen LogP contribution in [-0.4, -0.2) is 24.1 Å². The van der Waals surface area contributed by atoms with Crippen molar-refractivity contribution in [3.05, 3.63) is 24.1 Å². The maximum absolute atomic E-state index is 13.7. The Morgan fingerprint density at radius 2 is 2.08 bits per heavy atom. The second-order valence-corrected chi connectivity index (χ2v) is 6.80. The molecule has 2 fully saturated rings. The molecule has 0 N–H and O–H groups in total. The van der Waals surface area contributed by atoms with Crippen LogP contribution >= 0.6 is 0 Å². The Labute approximate surface area is 142 Å². The van der Waals surface area contributed by atoms with Gasteiger partial charge in [-0.1, -0.05) is 32.8 Å². The van der Waals surface area contributed by atoms with Crippen molar-refractivity contribution in [3.8, 4) is 12.3 Å². The summed E-state index contributed by atoms with van der Waals surface area (Å²) in [6.07, 6.45) is 10.6. The number of allylic oxidation sites excluding steroid dienone is 2. The van der Waals surface area contributed by atoms with Gasteiger partial charge in [-0.15, -0.1) is 6.42 Å². The van der Waals surface area contributed by atoms with E-state index < -0.39 is 29.8 Å². The van der Waals surface area contributed by atoms with E-state index in [2.05, 4.69) is 5.92 Å². The van der Waals surface area contributed by atoms with E-state index in [-0.39, 0.29) is 17.4 Å². The molecule has 0 aromatic rings. The standard InChI is InChI=1S/C19H23FO4/c1-5-7-14(20)15(6-2)24-18(22)17-13(19(17,3)4)10-11-16(21)23-12-8-9-12/h2,7,10-13,15,17H,5,8-9H2,1,3-4H3. The molecule has 0 aromatic heterocycles. The van der Waals surface area contributed by atoms with Gasteiger partial charge in [0.1, 0.15) is 11.9 Å². The van der Waals surface area contributed by atoms with Crippen LogP contribution in [-0.2, 0) is 19.1 Å². The number of carbonyl (C=O) groups is 2. The second-order valence-electron chi connectivity index (χ2n) is 6.80. The summed E-state index contributed by atoms with van der Waals surface area (Å²) in [5.74, 6) is -0.0457. The van der Waals surface area contributed by atoms with Crippen LogP contribution in [0.3, 0.4) is 0 Å². The summed E-state index contributed by atoms with van der Waals surface area (Å²) < 4.78 is 24.0. The van der Waals surface area contributed by atoms with Crippen molar-refractivity contribution < 1.29 is 23.5 Å². The number of hydrogen-bond acceptors (Lipinski definition) is 4. The van der Waals surface area contributed by atoms with E-state index in [1.165, 1.54) is 12.2 Å². The molecule has 2 aliphatic rings. The maximum atomic E-state index is 13.7. The molecule has 4 nitrogen and oxygen atoms in total. The lowest BCUT2D eigenvalue weighted by molar-refractivity contribution is -0.148. The van der Waals surface area contributed by atoms with Crippen molar-refractivity contribution in [2.75, 3.05) is 0 Å². The minimum Gasteiger partial charge on any atom is -0.459 e. The molecule has 0 spiro atoms. The highest BCUT2D eigenvalue weighted by Gasteiger charge is 2.61. The highest BCUT2D eigenvalue weighted by Crippen LogP contribution is 2.59. The maximum Gasteiger partial charge on any atom is 0.330 e. The summed E-state index contributed by atoms with van der Waals surface area (Å²) in [6.45, 7) is 5.55. The van der Waals surface area contributed by atoms with E-state index in [9.17, 15) is 14.0 Å². The zero-order valence-corrected chi connectivity index (χ0v) is 14.3. The summed E-state index contributed by atoms with van der Waals surface area (Å²) in [5.41, 5.74) is -0.364. The van der Waals surface area contributed by atoms with E-state index in [0.717, 1.165) is 12.8 Å². The highest BCUT2D eigenvalue weighted by molar-refractivity contribution is 5.83. The molecule has 3 unspecified atom stereocenters. The van der Waals surface area contributed by atoms with Gasteiger partial charge in [0, 0.05) is 6.08 Å². The van der Waals surface area contributed by atoms with Crippen LogP contribution in [0.25, 0.3) is 0 Å². The normalized spacial score (nSPS) is 26.5. The van der Waals surface area contributed by atoms with Gasteiger partial charge in [-0.25, -0.2) is 9.18 Å². The Bertz CT molecular complexity index is 607. The first-order chi connectivity index (χ1) is 11.3. The number of hydrogen-bond donors (Lipinski definition) is 0. The predicted molar refractivity (Wildman–Crippen MR) is 87.2 cm³/mol. The third kappa shape index (κ3) is 4.25. The fraction of sp³-hybridized carbons (Fsp3) is 0.579. The third-order valence-electron chi connectivity index (χ3n) is 4.45. The SMILES string of the molecule is C#CC(OC(=O)C1C(C=CC(=O)OC2CC2)C1(C)C)C(F)=CCC. The zero-order valence-electron chi connectivity index (χ0n) is 14.3. The Morgan fingerprint density at radius 1 is 1.42 bits per heavy atom. The molecule has 0 radical (unpaired) electrons. The Balaban J connectivity index is 1.94. The minimum absolute atomic E-state index is 0.0415. The lowest BCUT2D eigenvalue weighted by atomic mass is 10.1. The fourth-order valence-electron chi connectivity index (χ4n) is 2.72. The minimum atomic E-state index is -1.29. The fourth-order valence-corrected chi connectivity index (χ4v) is 2.72. The van der Waals surface area contributed by atoms with E-state index in [1.807, 2.05) is 13.8 Å². The monoisotopic (exact) mass is 334 g/mol. The number of terminal acetylenes is 1. The van der Waals surface area contributed by atoms with E-state index >= 15 is 0 Å². The van der Waals surface area contributed by atoms with Crippen molar-refractivity contribution in [1.82, 2.24) is 0 Å². The highest BCUT2D eigenvalue weighted by atomic mass is 19.1. The molecule has 2 aliphatic carbocycles. The van der Waals surface area contributed by atoms with Crippen molar-refractivity contribution >= 4 is 11.9 Å². The van der Waals surface area contributed by atoms with Gasteiger partial charge in [0.2, 0.25) is 6.10 Å². The topological polar surface area (TPSA) is 52.6 Å². The first-order valence-electron chi connectivity index (χ1n) is 8.22.